The predicted molar refractivity (Wildman–Crippen MR) is 109 cm³/mol. The van der Waals surface area contributed by atoms with Crippen LogP contribution in [0.4, 0.5) is 0 Å². The van der Waals surface area contributed by atoms with Crippen LogP contribution in [0.1, 0.15) is 23.1 Å². The molecule has 0 aromatic heterocycles. The third kappa shape index (κ3) is 4.03. The van der Waals surface area contributed by atoms with E-state index in [-0.39, 0.29) is 11.9 Å². The summed E-state index contributed by atoms with van der Waals surface area (Å²) >= 11 is 6.09. The molecule has 1 aliphatic carbocycles. The standard InChI is InChI=1S/C22H26ClN3O/c1-24-22(27)21-12-19(25-13-15-5-4-8-18(23)9-15)14-26(21)20-10-16-6-2-3-7-17(16)11-20/h2-9,19-21,25H,10-14H2,1H3,(H,24,27)/t19-,21+/m1/s1. The maximum Gasteiger partial charge on any atom is 0.237 e. The van der Waals surface area contributed by atoms with Gasteiger partial charge in [-0.15, -0.1) is 0 Å². The van der Waals surface area contributed by atoms with Crippen LogP contribution in [0, 0.1) is 0 Å². The monoisotopic (exact) mass is 383 g/mol. The van der Waals surface area contributed by atoms with E-state index in [4.69, 9.17) is 11.6 Å². The number of amides is 1. The average molecular weight is 384 g/mol. The Bertz CT molecular complexity index is 800. The number of halogens is 1. The van der Waals surface area contributed by atoms with Crippen LogP contribution in [-0.4, -0.2) is 42.5 Å². The molecular weight excluding hydrogens is 358 g/mol. The summed E-state index contributed by atoms with van der Waals surface area (Å²) in [5.41, 5.74) is 4.02. The van der Waals surface area contributed by atoms with Gasteiger partial charge in [-0.05, 0) is 48.1 Å². The fourth-order valence-electron chi connectivity index (χ4n) is 4.52. The van der Waals surface area contributed by atoms with Crippen molar-refractivity contribution >= 4 is 17.5 Å². The van der Waals surface area contributed by atoms with Crippen molar-refractivity contribution in [3.8, 4) is 0 Å². The van der Waals surface area contributed by atoms with E-state index in [0.29, 0.717) is 12.1 Å². The Labute approximate surface area is 165 Å². The predicted octanol–water partition coefficient (Wildman–Crippen LogP) is 2.79. The van der Waals surface area contributed by atoms with Gasteiger partial charge in [0.15, 0.2) is 0 Å². The molecule has 2 aromatic carbocycles. The number of nitrogens with zero attached hydrogens (tertiary/aromatic N) is 1. The molecule has 142 valence electrons. The Hall–Kier alpha value is -1.88. The number of fused-ring (bicyclic) bond motifs is 1. The molecule has 5 heteroatoms. The molecular formula is C22H26ClN3O. The number of rotatable bonds is 5. The molecule has 2 aromatic rings. The second kappa shape index (κ2) is 8.01. The van der Waals surface area contributed by atoms with Crippen LogP contribution in [0.2, 0.25) is 5.02 Å². The molecule has 4 rings (SSSR count). The summed E-state index contributed by atoms with van der Waals surface area (Å²) in [5.74, 6) is 0.123. The van der Waals surface area contributed by atoms with Gasteiger partial charge in [-0.2, -0.15) is 0 Å². The zero-order valence-corrected chi connectivity index (χ0v) is 16.4. The van der Waals surface area contributed by atoms with E-state index in [9.17, 15) is 4.79 Å². The minimum Gasteiger partial charge on any atom is -0.358 e. The van der Waals surface area contributed by atoms with Crippen LogP contribution in [0.25, 0.3) is 0 Å². The molecule has 1 amide bonds. The lowest BCUT2D eigenvalue weighted by Crippen LogP contribution is -2.47. The number of benzene rings is 2. The molecule has 2 N–H and O–H groups in total. The van der Waals surface area contributed by atoms with Gasteiger partial charge in [0.2, 0.25) is 5.91 Å². The molecule has 1 fully saturated rings. The number of hydrogen-bond acceptors (Lipinski definition) is 3. The lowest BCUT2D eigenvalue weighted by molar-refractivity contribution is -0.125. The Morgan fingerprint density at radius 2 is 1.89 bits per heavy atom. The van der Waals surface area contributed by atoms with Crippen molar-refractivity contribution < 1.29 is 4.79 Å². The van der Waals surface area contributed by atoms with Crippen molar-refractivity contribution in [1.82, 2.24) is 15.5 Å². The van der Waals surface area contributed by atoms with Gasteiger partial charge in [0.1, 0.15) is 0 Å². The summed E-state index contributed by atoms with van der Waals surface area (Å²) in [6, 6.07) is 17.2. The first-order valence-corrected chi connectivity index (χ1v) is 10.0. The Morgan fingerprint density at radius 3 is 2.56 bits per heavy atom. The fraction of sp³-hybridized carbons (Fsp3) is 0.409. The van der Waals surface area contributed by atoms with Gasteiger partial charge in [-0.25, -0.2) is 0 Å². The smallest absolute Gasteiger partial charge is 0.237 e. The summed E-state index contributed by atoms with van der Waals surface area (Å²) < 4.78 is 0. The summed E-state index contributed by atoms with van der Waals surface area (Å²) in [4.78, 5) is 14.9. The Kier molecular flexibility index (Phi) is 5.48. The quantitative estimate of drug-likeness (QED) is 0.834. The Morgan fingerprint density at radius 1 is 1.15 bits per heavy atom. The maximum atomic E-state index is 12.5. The van der Waals surface area contributed by atoms with Crippen LogP contribution in [0.15, 0.2) is 48.5 Å². The van der Waals surface area contributed by atoms with E-state index < -0.39 is 0 Å². The van der Waals surface area contributed by atoms with Crippen molar-refractivity contribution in [2.24, 2.45) is 0 Å². The lowest BCUT2D eigenvalue weighted by atomic mass is 10.1. The van der Waals surface area contributed by atoms with E-state index >= 15 is 0 Å². The summed E-state index contributed by atoms with van der Waals surface area (Å²) in [6.45, 7) is 1.67. The van der Waals surface area contributed by atoms with Crippen LogP contribution < -0.4 is 10.6 Å². The van der Waals surface area contributed by atoms with Gasteiger partial charge >= 0.3 is 0 Å². The molecule has 0 bridgehead atoms. The number of likely N-dealkylation sites (N-methyl/N-ethyl adjacent to an activating group) is 1. The zero-order chi connectivity index (χ0) is 18.8. The van der Waals surface area contributed by atoms with E-state index in [0.717, 1.165) is 37.4 Å². The van der Waals surface area contributed by atoms with Gasteiger partial charge in [0.05, 0.1) is 6.04 Å². The number of hydrogen-bond donors (Lipinski definition) is 2. The molecule has 1 aliphatic heterocycles. The molecule has 0 saturated carbocycles. The number of carbonyl (C=O) groups is 1. The van der Waals surface area contributed by atoms with Gasteiger partial charge in [0.25, 0.3) is 0 Å². The third-order valence-electron chi connectivity index (χ3n) is 5.87. The fourth-order valence-corrected chi connectivity index (χ4v) is 4.73. The lowest BCUT2D eigenvalue weighted by Gasteiger charge is -2.29. The van der Waals surface area contributed by atoms with Crippen LogP contribution in [0.3, 0.4) is 0 Å². The normalized spacial score (nSPS) is 22.7. The number of nitrogens with one attached hydrogen (secondary N) is 2. The van der Waals surface area contributed by atoms with Crippen molar-refractivity contribution in [3.63, 3.8) is 0 Å². The summed E-state index contributed by atoms with van der Waals surface area (Å²) in [7, 11) is 1.73. The van der Waals surface area contributed by atoms with Gasteiger partial charge in [0, 0.05) is 37.2 Å². The van der Waals surface area contributed by atoms with E-state index in [2.05, 4.69) is 45.9 Å². The number of carbonyl (C=O) groups excluding carboxylic acids is 1. The summed E-state index contributed by atoms with van der Waals surface area (Å²) in [6.07, 6.45) is 2.91. The van der Waals surface area contributed by atoms with Gasteiger partial charge in [-0.3, -0.25) is 9.69 Å². The number of likely N-dealkylation sites (tertiary alicyclic amines) is 1. The molecule has 2 aliphatic rings. The maximum absolute atomic E-state index is 12.5. The molecule has 2 atom stereocenters. The second-order valence-corrected chi connectivity index (χ2v) is 8.04. The first kappa shape index (κ1) is 18.5. The molecule has 27 heavy (non-hydrogen) atoms. The topological polar surface area (TPSA) is 44.4 Å². The SMILES string of the molecule is CNC(=O)[C@@H]1C[C@@H](NCc2cccc(Cl)c2)CN1C1Cc2ccccc2C1. The first-order valence-electron chi connectivity index (χ1n) is 9.66. The van der Waals surface area contributed by atoms with Crippen molar-refractivity contribution in [2.45, 2.75) is 43.9 Å². The highest BCUT2D eigenvalue weighted by molar-refractivity contribution is 6.30. The molecule has 0 radical (unpaired) electrons. The average Bonchev–Trinajstić information content (AvgIpc) is 3.29. The molecule has 4 nitrogen and oxygen atoms in total. The second-order valence-electron chi connectivity index (χ2n) is 7.60. The largest absolute Gasteiger partial charge is 0.358 e. The van der Waals surface area contributed by atoms with Crippen LogP contribution in [-0.2, 0) is 24.2 Å². The van der Waals surface area contributed by atoms with Crippen molar-refractivity contribution in [2.75, 3.05) is 13.6 Å². The summed E-state index contributed by atoms with van der Waals surface area (Å²) in [5, 5.41) is 7.24. The molecule has 0 unspecified atom stereocenters. The van der Waals surface area contributed by atoms with Crippen molar-refractivity contribution in [1.29, 1.82) is 0 Å². The third-order valence-corrected chi connectivity index (χ3v) is 6.11. The van der Waals surface area contributed by atoms with Crippen molar-refractivity contribution in [3.05, 3.63) is 70.2 Å². The van der Waals surface area contributed by atoms with Gasteiger partial charge < -0.3 is 10.6 Å². The van der Waals surface area contributed by atoms with E-state index in [1.165, 1.54) is 16.7 Å². The van der Waals surface area contributed by atoms with E-state index in [1.807, 2.05) is 18.2 Å². The molecule has 1 heterocycles. The van der Waals surface area contributed by atoms with E-state index in [1.54, 1.807) is 7.05 Å². The highest BCUT2D eigenvalue weighted by Gasteiger charge is 2.41. The molecule has 1 saturated heterocycles. The first-order chi connectivity index (χ1) is 13.1. The zero-order valence-electron chi connectivity index (χ0n) is 15.6. The van der Waals surface area contributed by atoms with Gasteiger partial charge in [-0.1, -0.05) is 48.0 Å². The minimum absolute atomic E-state index is 0.0637. The highest BCUT2D eigenvalue weighted by atomic mass is 35.5. The van der Waals surface area contributed by atoms with Crippen LogP contribution >= 0.6 is 11.6 Å². The molecule has 0 spiro atoms. The Balaban J connectivity index is 1.44. The minimum atomic E-state index is -0.0637. The van der Waals surface area contributed by atoms with Crippen LogP contribution in [0.5, 0.6) is 0 Å². The highest BCUT2D eigenvalue weighted by Crippen LogP contribution is 2.31.